The van der Waals surface area contributed by atoms with Gasteiger partial charge in [0.15, 0.2) is 0 Å². The minimum Gasteiger partial charge on any atom is -0.388 e. The maximum Gasteiger partial charge on any atom is 0.0340 e. The summed E-state index contributed by atoms with van der Waals surface area (Å²) in [6.45, 7) is 8.24. The van der Waals surface area contributed by atoms with Crippen molar-refractivity contribution in [3.63, 3.8) is 0 Å². The molecule has 0 heterocycles. The highest BCUT2D eigenvalue weighted by Crippen LogP contribution is 2.16. The average molecular weight is 175 g/mol. The molecule has 70 valence electrons. The molecule has 0 saturated heterocycles. The van der Waals surface area contributed by atoms with Crippen LogP contribution in [0.5, 0.6) is 0 Å². The quantitative estimate of drug-likeness (QED) is 0.745. The summed E-state index contributed by atoms with van der Waals surface area (Å²) in [4.78, 5) is 0. The molecule has 13 heavy (non-hydrogen) atoms. The van der Waals surface area contributed by atoms with Gasteiger partial charge in [0.2, 0.25) is 0 Å². The number of benzene rings is 1. The lowest BCUT2D eigenvalue weighted by atomic mass is 10.0. The Labute approximate surface area is 80.5 Å². The zero-order valence-electron chi connectivity index (χ0n) is 8.65. The van der Waals surface area contributed by atoms with Crippen molar-refractivity contribution in [3.8, 4) is 0 Å². The largest absolute Gasteiger partial charge is 0.388 e. The number of nitrogens with one attached hydrogen (secondary N) is 1. The van der Waals surface area contributed by atoms with E-state index < -0.39 is 0 Å². The van der Waals surface area contributed by atoms with Crippen LogP contribution < -0.4 is 5.32 Å². The van der Waals surface area contributed by atoms with Gasteiger partial charge in [0.05, 0.1) is 0 Å². The van der Waals surface area contributed by atoms with Crippen LogP contribution in [0, 0.1) is 6.92 Å². The second-order valence-electron chi connectivity index (χ2n) is 3.23. The normalized spacial score (nSPS) is 9.77. The SMILES string of the molecule is C=C(NC)c1ccc(CC)cc1C. The van der Waals surface area contributed by atoms with E-state index in [1.165, 1.54) is 16.7 Å². The highest BCUT2D eigenvalue weighted by atomic mass is 14.8. The summed E-state index contributed by atoms with van der Waals surface area (Å²) in [6, 6.07) is 6.51. The lowest BCUT2D eigenvalue weighted by Crippen LogP contribution is -2.04. The van der Waals surface area contributed by atoms with Crippen molar-refractivity contribution in [2.75, 3.05) is 7.05 Å². The standard InChI is InChI=1S/C12H17N/c1-5-11-6-7-12(9(2)8-11)10(3)13-4/h6-8,13H,3,5H2,1-2,4H3. The van der Waals surface area contributed by atoms with E-state index in [0.29, 0.717) is 0 Å². The molecule has 0 atom stereocenters. The molecule has 0 saturated carbocycles. The first kappa shape index (κ1) is 9.85. The van der Waals surface area contributed by atoms with Gasteiger partial charge in [0.25, 0.3) is 0 Å². The molecule has 0 aliphatic rings. The van der Waals surface area contributed by atoms with Gasteiger partial charge in [-0.3, -0.25) is 0 Å². The predicted octanol–water partition coefficient (Wildman–Crippen LogP) is 2.75. The third-order valence-electron chi connectivity index (χ3n) is 2.33. The van der Waals surface area contributed by atoms with Crippen LogP contribution in [0.3, 0.4) is 0 Å². The highest BCUT2D eigenvalue weighted by Gasteiger charge is 2.01. The lowest BCUT2D eigenvalue weighted by molar-refractivity contribution is 1.10. The molecule has 0 aliphatic heterocycles. The summed E-state index contributed by atoms with van der Waals surface area (Å²) in [5.74, 6) is 0. The first-order valence-electron chi connectivity index (χ1n) is 4.65. The summed E-state index contributed by atoms with van der Waals surface area (Å²) in [5, 5.41) is 3.07. The molecule has 0 fully saturated rings. The zero-order valence-corrected chi connectivity index (χ0v) is 8.65. The Morgan fingerprint density at radius 3 is 2.62 bits per heavy atom. The summed E-state index contributed by atoms with van der Waals surface area (Å²) < 4.78 is 0. The van der Waals surface area contributed by atoms with Crippen LogP contribution in [0.1, 0.15) is 23.6 Å². The van der Waals surface area contributed by atoms with Crippen molar-refractivity contribution in [1.82, 2.24) is 5.32 Å². The summed E-state index contributed by atoms with van der Waals surface area (Å²) in [7, 11) is 1.90. The Morgan fingerprint density at radius 2 is 2.15 bits per heavy atom. The van der Waals surface area contributed by atoms with Crippen molar-refractivity contribution >= 4 is 5.70 Å². The second-order valence-corrected chi connectivity index (χ2v) is 3.23. The monoisotopic (exact) mass is 175 g/mol. The van der Waals surface area contributed by atoms with Gasteiger partial charge in [0, 0.05) is 12.7 Å². The summed E-state index contributed by atoms with van der Waals surface area (Å²) in [5.41, 5.74) is 4.86. The number of hydrogen-bond donors (Lipinski definition) is 1. The van der Waals surface area contributed by atoms with E-state index in [4.69, 9.17) is 0 Å². The topological polar surface area (TPSA) is 12.0 Å². The third-order valence-corrected chi connectivity index (χ3v) is 2.33. The molecule has 0 spiro atoms. The molecule has 0 bridgehead atoms. The fourth-order valence-electron chi connectivity index (χ4n) is 1.42. The van der Waals surface area contributed by atoms with E-state index in [2.05, 4.69) is 43.9 Å². The van der Waals surface area contributed by atoms with Gasteiger partial charge in [-0.2, -0.15) is 0 Å². The van der Waals surface area contributed by atoms with Crippen LogP contribution in [0.2, 0.25) is 0 Å². The Balaban J connectivity index is 3.05. The third kappa shape index (κ3) is 2.11. The Bertz CT molecular complexity index is 313. The van der Waals surface area contributed by atoms with Gasteiger partial charge in [-0.25, -0.2) is 0 Å². The fraction of sp³-hybridized carbons (Fsp3) is 0.333. The summed E-state index contributed by atoms with van der Waals surface area (Å²) in [6.07, 6.45) is 1.09. The van der Waals surface area contributed by atoms with E-state index >= 15 is 0 Å². The Kier molecular flexibility index (Phi) is 3.13. The molecular weight excluding hydrogens is 158 g/mol. The maximum atomic E-state index is 3.95. The number of hydrogen-bond acceptors (Lipinski definition) is 1. The zero-order chi connectivity index (χ0) is 9.84. The van der Waals surface area contributed by atoms with Crippen LogP contribution in [-0.2, 0) is 6.42 Å². The molecule has 1 aromatic rings. The van der Waals surface area contributed by atoms with Gasteiger partial charge >= 0.3 is 0 Å². The van der Waals surface area contributed by atoms with E-state index in [0.717, 1.165) is 12.1 Å². The number of rotatable bonds is 3. The maximum absolute atomic E-state index is 3.95. The number of aryl methyl sites for hydroxylation is 2. The first-order valence-corrected chi connectivity index (χ1v) is 4.65. The van der Waals surface area contributed by atoms with Crippen LogP contribution in [-0.4, -0.2) is 7.05 Å². The minimum atomic E-state index is 0.986. The first-order chi connectivity index (χ1) is 6.19. The Morgan fingerprint density at radius 1 is 1.46 bits per heavy atom. The fourth-order valence-corrected chi connectivity index (χ4v) is 1.42. The molecule has 0 aromatic heterocycles. The smallest absolute Gasteiger partial charge is 0.0340 e. The molecule has 1 rings (SSSR count). The van der Waals surface area contributed by atoms with Crippen LogP contribution in [0.15, 0.2) is 24.8 Å². The minimum absolute atomic E-state index is 0.986. The Hall–Kier alpha value is -1.24. The van der Waals surface area contributed by atoms with Crippen molar-refractivity contribution in [1.29, 1.82) is 0 Å². The molecule has 1 nitrogen and oxygen atoms in total. The van der Waals surface area contributed by atoms with Crippen LogP contribution >= 0.6 is 0 Å². The van der Waals surface area contributed by atoms with E-state index in [9.17, 15) is 0 Å². The van der Waals surface area contributed by atoms with Gasteiger partial charge in [-0.15, -0.1) is 0 Å². The van der Waals surface area contributed by atoms with E-state index in [1.807, 2.05) is 7.05 Å². The molecule has 1 aromatic carbocycles. The lowest BCUT2D eigenvalue weighted by Gasteiger charge is -2.09. The second kappa shape index (κ2) is 4.13. The van der Waals surface area contributed by atoms with Crippen molar-refractivity contribution in [2.24, 2.45) is 0 Å². The van der Waals surface area contributed by atoms with Crippen LogP contribution in [0.4, 0.5) is 0 Å². The van der Waals surface area contributed by atoms with Crippen molar-refractivity contribution < 1.29 is 0 Å². The summed E-state index contributed by atoms with van der Waals surface area (Å²) >= 11 is 0. The predicted molar refractivity (Wildman–Crippen MR) is 58.7 cm³/mol. The van der Waals surface area contributed by atoms with Gasteiger partial charge in [-0.1, -0.05) is 31.7 Å². The molecule has 0 radical (unpaired) electrons. The molecule has 1 N–H and O–H groups in total. The van der Waals surface area contributed by atoms with Crippen molar-refractivity contribution in [2.45, 2.75) is 20.3 Å². The molecule has 0 amide bonds. The van der Waals surface area contributed by atoms with Crippen LogP contribution in [0.25, 0.3) is 5.70 Å². The van der Waals surface area contributed by atoms with Gasteiger partial charge in [-0.05, 0) is 30.0 Å². The van der Waals surface area contributed by atoms with E-state index in [1.54, 1.807) is 0 Å². The molecule has 1 heteroatoms. The molecule has 0 unspecified atom stereocenters. The van der Waals surface area contributed by atoms with Gasteiger partial charge < -0.3 is 5.32 Å². The molecular formula is C12H17N. The highest BCUT2D eigenvalue weighted by molar-refractivity contribution is 5.64. The van der Waals surface area contributed by atoms with Crippen molar-refractivity contribution in [3.05, 3.63) is 41.5 Å². The van der Waals surface area contributed by atoms with Gasteiger partial charge in [0.1, 0.15) is 0 Å². The van der Waals surface area contributed by atoms with E-state index in [-0.39, 0.29) is 0 Å². The average Bonchev–Trinajstić information content (AvgIpc) is 2.16. The molecule has 0 aliphatic carbocycles.